The molecule has 8 heavy (non-hydrogen) atoms. The average Bonchev–Trinajstić information content (AvgIpc) is 2.14. The Morgan fingerprint density at radius 3 is 2.75 bits per heavy atom. The van der Waals surface area contributed by atoms with Gasteiger partial charge in [-0.1, -0.05) is 0 Å². The Kier molecular flexibility index (Phi) is 1.19. The Labute approximate surface area is 45.3 Å². The van der Waals surface area contributed by atoms with E-state index in [0.29, 0.717) is 0 Å². The van der Waals surface area contributed by atoms with Crippen molar-refractivity contribution in [3.8, 4) is 0 Å². The van der Waals surface area contributed by atoms with Crippen molar-refractivity contribution in [3.63, 3.8) is 0 Å². The number of rotatable bonds is 1. The van der Waals surface area contributed by atoms with Crippen LogP contribution in [0.15, 0.2) is 0 Å². The Morgan fingerprint density at radius 2 is 2.50 bits per heavy atom. The Bertz CT molecular complexity index is 172. The van der Waals surface area contributed by atoms with Gasteiger partial charge in [0.15, 0.2) is 12.5 Å². The van der Waals surface area contributed by atoms with Crippen molar-refractivity contribution in [3.05, 3.63) is 5.82 Å². The molecule has 0 atom stereocenters. The average molecular weight is 116 g/mol. The molecule has 0 bridgehead atoms. The summed E-state index contributed by atoms with van der Waals surface area (Å²) in [6.45, 7) is -0.608. The van der Waals surface area contributed by atoms with Crippen LogP contribution in [0.1, 0.15) is 5.82 Å². The first-order valence-electron chi connectivity index (χ1n) is 2.12. The molecule has 1 rings (SSSR count). The first-order valence-corrected chi connectivity index (χ1v) is 2.12. The molecule has 1 aromatic rings. The van der Waals surface area contributed by atoms with E-state index in [1.165, 1.54) is 4.68 Å². The molecule has 1 heterocycles. The lowest BCUT2D eigenvalue weighted by atomic mass is 10.7. The predicted molar refractivity (Wildman–Crippen MR) is 23.6 cm³/mol. The summed E-state index contributed by atoms with van der Waals surface area (Å²) in [5.74, 6) is 0.255. The highest BCUT2D eigenvalue weighted by Gasteiger charge is 1.96. The summed E-state index contributed by atoms with van der Waals surface area (Å²) >= 11 is 0. The van der Waals surface area contributed by atoms with Crippen LogP contribution in [0.2, 0.25) is 0 Å². The molecular weight excluding hydrogens is 111 g/mol. The number of nitrogens with zero attached hydrogens (tertiary/aromatic N) is 4. The van der Waals surface area contributed by atoms with Crippen LogP contribution in [0.3, 0.4) is 0 Å². The van der Waals surface area contributed by atoms with Crippen LogP contribution in [0.4, 0.5) is 4.39 Å². The number of aryl methyl sites for hydroxylation is 1. The van der Waals surface area contributed by atoms with E-state index in [0.717, 1.165) is 0 Å². The van der Waals surface area contributed by atoms with Gasteiger partial charge in [0.2, 0.25) is 0 Å². The Hall–Kier alpha value is -1.00. The quantitative estimate of drug-likeness (QED) is 0.505. The number of halogens is 1. The third-order valence-corrected chi connectivity index (χ3v) is 0.827. The number of hydrogen-bond donors (Lipinski definition) is 0. The van der Waals surface area contributed by atoms with E-state index in [4.69, 9.17) is 0 Å². The van der Waals surface area contributed by atoms with Crippen LogP contribution in [-0.2, 0) is 13.7 Å². The van der Waals surface area contributed by atoms with Crippen molar-refractivity contribution in [2.24, 2.45) is 7.05 Å². The van der Waals surface area contributed by atoms with E-state index < -0.39 is 6.67 Å². The summed E-state index contributed by atoms with van der Waals surface area (Å²) in [6.07, 6.45) is 0. The molecule has 0 saturated carbocycles. The molecule has 0 amide bonds. The van der Waals surface area contributed by atoms with Gasteiger partial charge < -0.3 is 0 Å². The van der Waals surface area contributed by atoms with Gasteiger partial charge in [-0.25, -0.2) is 9.07 Å². The first kappa shape index (κ1) is 5.14. The molecule has 0 aromatic carbocycles. The Morgan fingerprint density at radius 1 is 1.75 bits per heavy atom. The highest BCUT2D eigenvalue weighted by molar-refractivity contribution is 4.73. The van der Waals surface area contributed by atoms with Crippen molar-refractivity contribution < 1.29 is 4.39 Å². The van der Waals surface area contributed by atoms with Crippen LogP contribution in [0, 0.1) is 0 Å². The molecule has 0 aliphatic heterocycles. The fourth-order valence-corrected chi connectivity index (χ4v) is 0.361. The number of aromatic nitrogens is 4. The molecule has 0 fully saturated rings. The maximum Gasteiger partial charge on any atom is 0.182 e. The van der Waals surface area contributed by atoms with Gasteiger partial charge in [-0.2, -0.15) is 0 Å². The highest BCUT2D eigenvalue weighted by Crippen LogP contribution is 1.88. The maximum atomic E-state index is 11.7. The zero-order valence-electron chi connectivity index (χ0n) is 4.37. The van der Waals surface area contributed by atoms with Crippen LogP contribution in [-0.4, -0.2) is 20.2 Å². The largest absolute Gasteiger partial charge is 0.242 e. The van der Waals surface area contributed by atoms with Gasteiger partial charge in [0.05, 0.1) is 0 Å². The summed E-state index contributed by atoms with van der Waals surface area (Å²) in [7, 11) is 1.59. The summed E-state index contributed by atoms with van der Waals surface area (Å²) in [5, 5.41) is 9.98. The summed E-state index contributed by atoms with van der Waals surface area (Å²) < 4.78 is 12.9. The summed E-state index contributed by atoms with van der Waals surface area (Å²) in [5.41, 5.74) is 0. The van der Waals surface area contributed by atoms with Crippen LogP contribution < -0.4 is 0 Å². The summed E-state index contributed by atoms with van der Waals surface area (Å²) in [6, 6.07) is 0. The van der Waals surface area contributed by atoms with Gasteiger partial charge >= 0.3 is 0 Å². The standard InChI is InChI=1S/C3H5FN4/c1-8-3(2-4)5-6-7-8/h2H2,1H3. The molecule has 4 nitrogen and oxygen atoms in total. The maximum absolute atomic E-state index is 11.7. The van der Waals surface area contributed by atoms with E-state index in [-0.39, 0.29) is 5.82 Å². The van der Waals surface area contributed by atoms with Crippen molar-refractivity contribution >= 4 is 0 Å². The third-order valence-electron chi connectivity index (χ3n) is 0.827. The van der Waals surface area contributed by atoms with Crippen LogP contribution >= 0.6 is 0 Å². The number of hydrogen-bond acceptors (Lipinski definition) is 3. The normalized spacial score (nSPS) is 9.75. The first-order chi connectivity index (χ1) is 3.84. The zero-order chi connectivity index (χ0) is 5.98. The topological polar surface area (TPSA) is 43.6 Å². The zero-order valence-corrected chi connectivity index (χ0v) is 4.37. The SMILES string of the molecule is Cn1nnnc1CF. The molecule has 0 saturated heterocycles. The van der Waals surface area contributed by atoms with Crippen molar-refractivity contribution in [2.45, 2.75) is 6.67 Å². The van der Waals surface area contributed by atoms with E-state index in [1.807, 2.05) is 0 Å². The van der Waals surface area contributed by atoms with Crippen molar-refractivity contribution in [1.82, 2.24) is 20.2 Å². The van der Waals surface area contributed by atoms with Crippen LogP contribution in [0.5, 0.6) is 0 Å². The number of alkyl halides is 1. The lowest BCUT2D eigenvalue weighted by Crippen LogP contribution is -1.95. The predicted octanol–water partition coefficient (Wildman–Crippen LogP) is -0.320. The molecule has 5 heteroatoms. The second kappa shape index (κ2) is 1.85. The molecule has 0 aliphatic carbocycles. The third kappa shape index (κ3) is 0.661. The Balaban J connectivity index is 2.92. The highest BCUT2D eigenvalue weighted by atomic mass is 19.1. The monoisotopic (exact) mass is 116 g/mol. The molecule has 0 radical (unpaired) electrons. The van der Waals surface area contributed by atoms with E-state index in [9.17, 15) is 4.39 Å². The smallest absolute Gasteiger partial charge is 0.182 e. The lowest BCUT2D eigenvalue weighted by molar-refractivity contribution is 0.449. The van der Waals surface area contributed by atoms with E-state index in [2.05, 4.69) is 15.5 Å². The molecule has 1 aromatic heterocycles. The van der Waals surface area contributed by atoms with Gasteiger partial charge in [0.25, 0.3) is 0 Å². The van der Waals surface area contributed by atoms with E-state index in [1.54, 1.807) is 7.05 Å². The fourth-order valence-electron chi connectivity index (χ4n) is 0.361. The molecule has 0 spiro atoms. The van der Waals surface area contributed by atoms with Crippen molar-refractivity contribution in [1.29, 1.82) is 0 Å². The fraction of sp³-hybridized carbons (Fsp3) is 0.667. The lowest BCUT2D eigenvalue weighted by Gasteiger charge is -1.85. The molecule has 0 unspecified atom stereocenters. The van der Waals surface area contributed by atoms with E-state index >= 15 is 0 Å². The minimum Gasteiger partial charge on any atom is -0.242 e. The minimum atomic E-state index is -0.608. The van der Waals surface area contributed by atoms with Gasteiger partial charge in [-0.3, -0.25) is 0 Å². The molecule has 0 N–H and O–H groups in total. The molecular formula is C3H5FN4. The minimum absolute atomic E-state index is 0.255. The van der Waals surface area contributed by atoms with Crippen LogP contribution in [0.25, 0.3) is 0 Å². The number of tetrazole rings is 1. The van der Waals surface area contributed by atoms with Gasteiger partial charge in [0, 0.05) is 7.05 Å². The second-order valence-electron chi connectivity index (χ2n) is 1.35. The molecule has 0 aliphatic rings. The second-order valence-corrected chi connectivity index (χ2v) is 1.35. The van der Waals surface area contributed by atoms with Gasteiger partial charge in [-0.15, -0.1) is 5.10 Å². The van der Waals surface area contributed by atoms with Gasteiger partial charge in [0.1, 0.15) is 0 Å². The summed E-state index contributed by atoms with van der Waals surface area (Å²) in [4.78, 5) is 0. The molecule has 44 valence electrons. The van der Waals surface area contributed by atoms with Gasteiger partial charge in [-0.05, 0) is 10.4 Å². The van der Waals surface area contributed by atoms with Crippen molar-refractivity contribution in [2.75, 3.05) is 0 Å².